The van der Waals surface area contributed by atoms with Crippen molar-refractivity contribution in [2.24, 2.45) is 5.92 Å². The molecule has 0 aliphatic heterocycles. The molecule has 5 heteroatoms. The van der Waals surface area contributed by atoms with Gasteiger partial charge in [0.05, 0.1) is 12.7 Å². The molecule has 1 N–H and O–H groups in total. The highest BCUT2D eigenvalue weighted by Gasteiger charge is 2.36. The quantitative estimate of drug-likeness (QED) is 0.783. The van der Waals surface area contributed by atoms with E-state index in [1.807, 2.05) is 24.3 Å². The maximum atomic E-state index is 12.0. The van der Waals surface area contributed by atoms with Crippen LogP contribution >= 0.6 is 0 Å². The predicted octanol–water partition coefficient (Wildman–Crippen LogP) is 3.44. The molecule has 1 amide bonds. The van der Waals surface area contributed by atoms with E-state index < -0.39 is 0 Å². The number of hydrogen-bond acceptors (Lipinski definition) is 4. The van der Waals surface area contributed by atoms with Crippen molar-refractivity contribution in [3.8, 4) is 0 Å². The summed E-state index contributed by atoms with van der Waals surface area (Å²) in [7, 11) is 1.35. The van der Waals surface area contributed by atoms with Gasteiger partial charge in [0.1, 0.15) is 11.5 Å². The molecule has 132 valence electrons. The van der Waals surface area contributed by atoms with Gasteiger partial charge in [-0.25, -0.2) is 4.79 Å². The molecular weight excluding hydrogens is 318 g/mol. The molecule has 1 aromatic carbocycles. The van der Waals surface area contributed by atoms with Crippen molar-refractivity contribution in [1.29, 1.82) is 0 Å². The summed E-state index contributed by atoms with van der Waals surface area (Å²) in [5.41, 5.74) is 1.43. The molecule has 1 aliphatic rings. The zero-order valence-corrected chi connectivity index (χ0v) is 14.6. The van der Waals surface area contributed by atoms with Crippen molar-refractivity contribution in [2.75, 3.05) is 7.11 Å². The van der Waals surface area contributed by atoms with Crippen LogP contribution in [-0.2, 0) is 22.5 Å². The molecular formula is C20H23NO4. The second-order valence-corrected chi connectivity index (χ2v) is 6.59. The third-order valence-electron chi connectivity index (χ3n) is 4.62. The fourth-order valence-corrected chi connectivity index (χ4v) is 2.85. The fourth-order valence-electron chi connectivity index (χ4n) is 2.85. The Hall–Kier alpha value is -2.56. The summed E-state index contributed by atoms with van der Waals surface area (Å²) in [6.07, 6.45) is 2.20. The first-order valence-corrected chi connectivity index (χ1v) is 8.59. The Morgan fingerprint density at radius 1 is 1.20 bits per heavy atom. The Morgan fingerprint density at radius 2 is 1.92 bits per heavy atom. The van der Waals surface area contributed by atoms with Crippen LogP contribution in [0.3, 0.4) is 0 Å². The van der Waals surface area contributed by atoms with Gasteiger partial charge in [0.15, 0.2) is 0 Å². The molecule has 1 heterocycles. The monoisotopic (exact) mass is 341 g/mol. The van der Waals surface area contributed by atoms with Gasteiger partial charge in [-0.1, -0.05) is 19.1 Å². The SMILES string of the molecule is COC(=O)c1ccc(CNC(=O)CCc2ccc([C@H]3C[C@H]3C)o2)cc1. The summed E-state index contributed by atoms with van der Waals surface area (Å²) in [6, 6.07) is 11.0. The predicted molar refractivity (Wildman–Crippen MR) is 93.2 cm³/mol. The van der Waals surface area contributed by atoms with Crippen LogP contribution in [0.1, 0.15) is 53.1 Å². The van der Waals surface area contributed by atoms with Crippen LogP contribution in [0.25, 0.3) is 0 Å². The Balaban J connectivity index is 1.42. The molecule has 1 fully saturated rings. The average Bonchev–Trinajstić information content (AvgIpc) is 3.18. The Bertz CT molecular complexity index is 747. The summed E-state index contributed by atoms with van der Waals surface area (Å²) in [5.74, 6) is 2.81. The number of carbonyl (C=O) groups is 2. The largest absolute Gasteiger partial charge is 0.466 e. The second-order valence-electron chi connectivity index (χ2n) is 6.59. The number of nitrogens with one attached hydrogen (secondary N) is 1. The van der Waals surface area contributed by atoms with Gasteiger partial charge < -0.3 is 14.5 Å². The van der Waals surface area contributed by atoms with Crippen LogP contribution in [0.4, 0.5) is 0 Å². The lowest BCUT2D eigenvalue weighted by Crippen LogP contribution is -2.23. The van der Waals surface area contributed by atoms with Crippen LogP contribution in [-0.4, -0.2) is 19.0 Å². The van der Waals surface area contributed by atoms with Crippen LogP contribution in [0.2, 0.25) is 0 Å². The van der Waals surface area contributed by atoms with Crippen molar-refractivity contribution in [3.63, 3.8) is 0 Å². The summed E-state index contributed by atoms with van der Waals surface area (Å²) >= 11 is 0. The number of ether oxygens (including phenoxy) is 1. The van der Waals surface area contributed by atoms with Crippen LogP contribution in [0, 0.1) is 5.92 Å². The van der Waals surface area contributed by atoms with Gasteiger partial charge in [-0.3, -0.25) is 4.79 Å². The average molecular weight is 341 g/mol. The summed E-state index contributed by atoms with van der Waals surface area (Å²) in [6.45, 7) is 2.65. The first-order chi connectivity index (χ1) is 12.1. The highest BCUT2D eigenvalue weighted by molar-refractivity contribution is 5.89. The Kier molecular flexibility index (Phi) is 5.22. The molecule has 5 nitrogen and oxygen atoms in total. The molecule has 0 spiro atoms. The van der Waals surface area contributed by atoms with Gasteiger partial charge in [-0.05, 0) is 42.2 Å². The van der Waals surface area contributed by atoms with Crippen molar-refractivity contribution in [2.45, 2.75) is 38.6 Å². The van der Waals surface area contributed by atoms with Gasteiger partial charge in [-0.15, -0.1) is 0 Å². The molecule has 3 rings (SSSR count). The van der Waals surface area contributed by atoms with Gasteiger partial charge in [0, 0.05) is 25.3 Å². The van der Waals surface area contributed by atoms with Crippen molar-refractivity contribution in [1.82, 2.24) is 5.32 Å². The third kappa shape index (κ3) is 4.50. The minimum Gasteiger partial charge on any atom is -0.466 e. The first kappa shape index (κ1) is 17.3. The summed E-state index contributed by atoms with van der Waals surface area (Å²) < 4.78 is 10.5. The first-order valence-electron chi connectivity index (χ1n) is 8.59. The zero-order valence-electron chi connectivity index (χ0n) is 14.6. The molecule has 0 unspecified atom stereocenters. The number of rotatable bonds is 7. The minimum absolute atomic E-state index is 0.0187. The van der Waals surface area contributed by atoms with E-state index >= 15 is 0 Å². The van der Waals surface area contributed by atoms with Gasteiger partial charge in [-0.2, -0.15) is 0 Å². The molecule has 2 aromatic rings. The van der Waals surface area contributed by atoms with E-state index in [4.69, 9.17) is 4.42 Å². The second kappa shape index (κ2) is 7.55. The number of esters is 1. The van der Waals surface area contributed by atoms with Crippen LogP contribution in [0.15, 0.2) is 40.8 Å². The number of amides is 1. The number of carbonyl (C=O) groups excluding carboxylic acids is 2. The maximum absolute atomic E-state index is 12.0. The molecule has 25 heavy (non-hydrogen) atoms. The molecule has 0 bridgehead atoms. The number of aryl methyl sites for hydroxylation is 1. The molecule has 0 saturated heterocycles. The Morgan fingerprint density at radius 3 is 2.56 bits per heavy atom. The third-order valence-corrected chi connectivity index (χ3v) is 4.62. The standard InChI is InChI=1S/C20H23NO4/c1-13-11-17(13)18-9-7-16(25-18)8-10-19(22)21-12-14-3-5-15(6-4-14)20(23)24-2/h3-7,9,13,17H,8,10-12H2,1-2H3,(H,21,22)/t13-,17+/m1/s1. The number of furan rings is 1. The van der Waals surface area contributed by atoms with E-state index in [1.165, 1.54) is 13.5 Å². The van der Waals surface area contributed by atoms with E-state index in [9.17, 15) is 9.59 Å². The van der Waals surface area contributed by atoms with Gasteiger partial charge in [0.2, 0.25) is 5.91 Å². The van der Waals surface area contributed by atoms with E-state index in [1.54, 1.807) is 12.1 Å². The highest BCUT2D eigenvalue weighted by atomic mass is 16.5. The molecule has 1 saturated carbocycles. The molecule has 1 aliphatic carbocycles. The lowest BCUT2D eigenvalue weighted by Gasteiger charge is -2.06. The van der Waals surface area contributed by atoms with Crippen molar-refractivity contribution >= 4 is 11.9 Å². The van der Waals surface area contributed by atoms with Crippen molar-refractivity contribution < 1.29 is 18.7 Å². The lowest BCUT2D eigenvalue weighted by molar-refractivity contribution is -0.121. The fraction of sp³-hybridized carbons (Fsp3) is 0.400. The van der Waals surface area contributed by atoms with Crippen LogP contribution < -0.4 is 5.32 Å². The highest BCUT2D eigenvalue weighted by Crippen LogP contribution is 2.47. The maximum Gasteiger partial charge on any atom is 0.337 e. The summed E-state index contributed by atoms with van der Waals surface area (Å²) in [5, 5.41) is 2.88. The molecule has 1 aromatic heterocycles. The molecule has 0 radical (unpaired) electrons. The lowest BCUT2D eigenvalue weighted by atomic mass is 10.1. The van der Waals surface area contributed by atoms with Crippen molar-refractivity contribution in [3.05, 3.63) is 59.0 Å². The number of hydrogen-bond donors (Lipinski definition) is 1. The topological polar surface area (TPSA) is 68.5 Å². The van der Waals surface area contributed by atoms with E-state index in [-0.39, 0.29) is 11.9 Å². The number of methoxy groups -OCH3 is 1. The van der Waals surface area contributed by atoms with E-state index in [0.29, 0.717) is 36.8 Å². The van der Waals surface area contributed by atoms with Gasteiger partial charge in [0.25, 0.3) is 0 Å². The van der Waals surface area contributed by atoms with E-state index in [2.05, 4.69) is 17.0 Å². The smallest absolute Gasteiger partial charge is 0.337 e. The zero-order chi connectivity index (χ0) is 17.8. The van der Waals surface area contributed by atoms with Gasteiger partial charge >= 0.3 is 5.97 Å². The normalized spacial score (nSPS) is 18.6. The summed E-state index contributed by atoms with van der Waals surface area (Å²) in [4.78, 5) is 23.4. The molecule has 2 atom stereocenters. The minimum atomic E-state index is -0.367. The van der Waals surface area contributed by atoms with Crippen LogP contribution in [0.5, 0.6) is 0 Å². The Labute approximate surface area is 147 Å². The number of benzene rings is 1. The van der Waals surface area contributed by atoms with E-state index in [0.717, 1.165) is 17.1 Å².